The molecule has 0 fully saturated rings. The SMILES string of the molecule is CC(c1cccc(F)c1)n1c(N)nc2c(Cl)cccc21. The predicted octanol–water partition coefficient (Wildman–Crippen LogP) is 4.02. The van der Waals surface area contributed by atoms with Gasteiger partial charge in [0.15, 0.2) is 0 Å². The van der Waals surface area contributed by atoms with Crippen molar-refractivity contribution in [3.8, 4) is 0 Å². The lowest BCUT2D eigenvalue weighted by molar-refractivity contribution is 0.612. The molecule has 0 aliphatic heterocycles. The van der Waals surface area contributed by atoms with Gasteiger partial charge in [0.25, 0.3) is 0 Å². The molecular weight excluding hydrogens is 277 g/mol. The summed E-state index contributed by atoms with van der Waals surface area (Å²) < 4.78 is 15.2. The molecule has 0 aliphatic carbocycles. The van der Waals surface area contributed by atoms with Gasteiger partial charge in [0.2, 0.25) is 5.95 Å². The van der Waals surface area contributed by atoms with Gasteiger partial charge in [0, 0.05) is 0 Å². The Morgan fingerprint density at radius 2 is 2.00 bits per heavy atom. The molecule has 20 heavy (non-hydrogen) atoms. The standard InChI is InChI=1S/C15H13ClFN3/c1-9(10-4-2-5-11(17)8-10)20-13-7-3-6-12(16)14(13)19-15(20)18/h2-9H,1H3,(H2,18,19). The summed E-state index contributed by atoms with van der Waals surface area (Å²) in [5, 5.41) is 0.555. The van der Waals surface area contributed by atoms with Gasteiger partial charge in [-0.15, -0.1) is 0 Å². The van der Waals surface area contributed by atoms with Crippen LogP contribution in [0.25, 0.3) is 11.0 Å². The van der Waals surface area contributed by atoms with Crippen LogP contribution in [0.3, 0.4) is 0 Å². The molecule has 1 unspecified atom stereocenters. The molecule has 1 heterocycles. The molecule has 102 valence electrons. The van der Waals surface area contributed by atoms with Gasteiger partial charge < -0.3 is 10.3 Å². The minimum Gasteiger partial charge on any atom is -0.369 e. The van der Waals surface area contributed by atoms with E-state index >= 15 is 0 Å². The molecule has 1 atom stereocenters. The predicted molar refractivity (Wildman–Crippen MR) is 79.4 cm³/mol. The van der Waals surface area contributed by atoms with Crippen LogP contribution < -0.4 is 5.73 Å². The van der Waals surface area contributed by atoms with E-state index in [1.165, 1.54) is 12.1 Å². The van der Waals surface area contributed by atoms with E-state index in [0.717, 1.165) is 11.1 Å². The van der Waals surface area contributed by atoms with E-state index in [9.17, 15) is 4.39 Å². The molecule has 5 heteroatoms. The lowest BCUT2D eigenvalue weighted by Gasteiger charge is -2.16. The molecule has 0 saturated carbocycles. The third-order valence-corrected chi connectivity index (χ3v) is 3.72. The van der Waals surface area contributed by atoms with Gasteiger partial charge >= 0.3 is 0 Å². The van der Waals surface area contributed by atoms with Crippen LogP contribution in [-0.2, 0) is 0 Å². The number of nitrogens with two attached hydrogens (primary N) is 1. The highest BCUT2D eigenvalue weighted by molar-refractivity contribution is 6.35. The fraction of sp³-hybridized carbons (Fsp3) is 0.133. The Bertz CT molecular complexity index is 782. The van der Waals surface area contributed by atoms with Crippen molar-refractivity contribution in [3.63, 3.8) is 0 Å². The van der Waals surface area contributed by atoms with Crippen molar-refractivity contribution in [1.82, 2.24) is 9.55 Å². The van der Waals surface area contributed by atoms with Crippen molar-refractivity contribution in [2.24, 2.45) is 0 Å². The first-order chi connectivity index (χ1) is 9.58. The molecule has 0 amide bonds. The van der Waals surface area contributed by atoms with E-state index in [2.05, 4.69) is 4.98 Å². The van der Waals surface area contributed by atoms with Crippen LogP contribution in [0.2, 0.25) is 5.02 Å². The van der Waals surface area contributed by atoms with Crippen molar-refractivity contribution in [2.75, 3.05) is 5.73 Å². The summed E-state index contributed by atoms with van der Waals surface area (Å²) in [6.45, 7) is 1.95. The van der Waals surface area contributed by atoms with Crippen molar-refractivity contribution in [2.45, 2.75) is 13.0 Å². The summed E-state index contributed by atoms with van der Waals surface area (Å²) in [6, 6.07) is 11.9. The van der Waals surface area contributed by atoms with Gasteiger partial charge in [-0.3, -0.25) is 0 Å². The topological polar surface area (TPSA) is 43.8 Å². The molecule has 3 nitrogen and oxygen atoms in total. The Morgan fingerprint density at radius 3 is 2.75 bits per heavy atom. The van der Waals surface area contributed by atoms with Gasteiger partial charge in [-0.05, 0) is 36.8 Å². The summed E-state index contributed by atoms with van der Waals surface area (Å²) in [7, 11) is 0. The molecular formula is C15H13ClFN3. The van der Waals surface area contributed by atoms with Crippen LogP contribution in [0.4, 0.5) is 10.3 Å². The highest BCUT2D eigenvalue weighted by Gasteiger charge is 2.17. The quantitative estimate of drug-likeness (QED) is 0.774. The molecule has 2 N–H and O–H groups in total. The number of imidazole rings is 1. The highest BCUT2D eigenvalue weighted by Crippen LogP contribution is 2.30. The Balaban J connectivity index is 2.19. The van der Waals surface area contributed by atoms with E-state index in [1.54, 1.807) is 12.1 Å². The van der Waals surface area contributed by atoms with Crippen molar-refractivity contribution in [1.29, 1.82) is 0 Å². The average Bonchev–Trinajstić information content (AvgIpc) is 2.76. The number of nitrogen functional groups attached to an aromatic ring is 1. The van der Waals surface area contributed by atoms with Gasteiger partial charge in [-0.1, -0.05) is 29.8 Å². The number of hydrogen-bond acceptors (Lipinski definition) is 2. The number of rotatable bonds is 2. The first kappa shape index (κ1) is 12.9. The minimum atomic E-state index is -0.268. The maximum Gasteiger partial charge on any atom is 0.201 e. The third kappa shape index (κ3) is 2.02. The fourth-order valence-corrected chi connectivity index (χ4v) is 2.64. The Hall–Kier alpha value is -2.07. The molecule has 1 aromatic heterocycles. The minimum absolute atomic E-state index is 0.130. The summed E-state index contributed by atoms with van der Waals surface area (Å²) in [6.07, 6.45) is 0. The first-order valence-electron chi connectivity index (χ1n) is 6.25. The number of anilines is 1. The Labute approximate surface area is 120 Å². The van der Waals surface area contributed by atoms with Gasteiger partial charge in [0.1, 0.15) is 11.3 Å². The molecule has 2 aromatic carbocycles. The number of aromatic nitrogens is 2. The molecule has 3 aromatic rings. The lowest BCUT2D eigenvalue weighted by Crippen LogP contribution is -2.10. The van der Waals surface area contributed by atoms with E-state index in [0.29, 0.717) is 16.5 Å². The fourth-order valence-electron chi connectivity index (χ4n) is 2.42. The normalized spacial score (nSPS) is 12.8. The largest absolute Gasteiger partial charge is 0.369 e. The van der Waals surface area contributed by atoms with E-state index < -0.39 is 0 Å². The summed E-state index contributed by atoms with van der Waals surface area (Å²) in [5.74, 6) is 0.0974. The summed E-state index contributed by atoms with van der Waals surface area (Å²) in [5.41, 5.74) is 8.33. The van der Waals surface area contributed by atoms with E-state index in [4.69, 9.17) is 17.3 Å². The molecule has 0 bridgehead atoms. The molecule has 3 rings (SSSR count). The lowest BCUT2D eigenvalue weighted by atomic mass is 10.1. The average molecular weight is 290 g/mol. The number of para-hydroxylation sites is 1. The number of benzene rings is 2. The monoisotopic (exact) mass is 289 g/mol. The number of nitrogens with zero attached hydrogens (tertiary/aromatic N) is 2. The molecule has 0 spiro atoms. The van der Waals surface area contributed by atoms with Crippen molar-refractivity contribution < 1.29 is 4.39 Å². The van der Waals surface area contributed by atoms with Crippen LogP contribution in [-0.4, -0.2) is 9.55 Å². The number of halogens is 2. The summed E-state index contributed by atoms with van der Waals surface area (Å²) in [4.78, 5) is 4.30. The first-order valence-corrected chi connectivity index (χ1v) is 6.63. The smallest absolute Gasteiger partial charge is 0.201 e. The summed E-state index contributed by atoms with van der Waals surface area (Å²) >= 11 is 6.13. The molecule has 0 aliphatic rings. The van der Waals surface area contributed by atoms with Gasteiger partial charge in [-0.2, -0.15) is 0 Å². The molecule has 0 radical (unpaired) electrons. The van der Waals surface area contributed by atoms with Crippen molar-refractivity contribution >= 4 is 28.6 Å². The third-order valence-electron chi connectivity index (χ3n) is 3.42. The van der Waals surface area contributed by atoms with Crippen LogP contribution in [0.15, 0.2) is 42.5 Å². The maximum absolute atomic E-state index is 13.4. The number of hydrogen-bond donors (Lipinski definition) is 1. The van der Waals surface area contributed by atoms with Crippen LogP contribution in [0.5, 0.6) is 0 Å². The van der Waals surface area contributed by atoms with E-state index in [1.807, 2.05) is 29.7 Å². The maximum atomic E-state index is 13.4. The van der Waals surface area contributed by atoms with Crippen LogP contribution in [0, 0.1) is 5.82 Å². The van der Waals surface area contributed by atoms with Crippen LogP contribution >= 0.6 is 11.6 Å². The highest BCUT2D eigenvalue weighted by atomic mass is 35.5. The molecule has 0 saturated heterocycles. The van der Waals surface area contributed by atoms with Crippen molar-refractivity contribution in [3.05, 3.63) is 58.9 Å². The zero-order chi connectivity index (χ0) is 14.3. The Kier molecular flexibility index (Phi) is 3.10. The van der Waals surface area contributed by atoms with E-state index in [-0.39, 0.29) is 11.9 Å². The zero-order valence-corrected chi connectivity index (χ0v) is 11.6. The second-order valence-corrected chi connectivity index (χ2v) is 5.09. The number of fused-ring (bicyclic) bond motifs is 1. The Morgan fingerprint density at radius 1 is 1.25 bits per heavy atom. The second-order valence-electron chi connectivity index (χ2n) is 4.68. The zero-order valence-electron chi connectivity index (χ0n) is 10.8. The van der Waals surface area contributed by atoms with Gasteiger partial charge in [0.05, 0.1) is 16.6 Å². The second kappa shape index (κ2) is 4.80. The van der Waals surface area contributed by atoms with Gasteiger partial charge in [-0.25, -0.2) is 9.37 Å². The van der Waals surface area contributed by atoms with Crippen LogP contribution in [0.1, 0.15) is 18.5 Å².